The molecule has 1 saturated heterocycles. The summed E-state index contributed by atoms with van der Waals surface area (Å²) >= 11 is 0. The van der Waals surface area contributed by atoms with Crippen LogP contribution < -0.4 is 9.47 Å². The topological polar surface area (TPSA) is 59.0 Å². The second-order valence-electron chi connectivity index (χ2n) is 6.78. The number of hydrogen-bond acceptors (Lipinski definition) is 4. The molecule has 2 atom stereocenters. The van der Waals surface area contributed by atoms with Crippen molar-refractivity contribution in [3.63, 3.8) is 0 Å². The second-order valence-corrected chi connectivity index (χ2v) is 6.78. The number of aliphatic hydroxyl groups excluding tert-OH is 1. The van der Waals surface area contributed by atoms with Crippen molar-refractivity contribution in [2.24, 2.45) is 5.92 Å². The van der Waals surface area contributed by atoms with Crippen LogP contribution in [0.2, 0.25) is 0 Å². The second kappa shape index (κ2) is 5.37. The maximum Gasteiger partial charge on any atom is 0.261 e. The average Bonchev–Trinajstić information content (AvgIpc) is 3.28. The smallest absolute Gasteiger partial charge is 0.261 e. The Balaban J connectivity index is 1.75. The van der Waals surface area contributed by atoms with E-state index in [1.165, 1.54) is 0 Å². The first-order valence-corrected chi connectivity index (χ1v) is 8.12. The molecule has 2 heterocycles. The van der Waals surface area contributed by atoms with Crippen molar-refractivity contribution < 1.29 is 23.8 Å². The average molecular weight is 321 g/mol. The molecule has 2 fully saturated rings. The first-order chi connectivity index (χ1) is 11.0. The summed E-state index contributed by atoms with van der Waals surface area (Å²) in [7, 11) is 0. The molecule has 3 aliphatic rings. The van der Waals surface area contributed by atoms with Crippen LogP contribution in [0.5, 0.6) is 11.5 Å². The van der Waals surface area contributed by atoms with Crippen LogP contribution in [0.1, 0.15) is 35.2 Å². The number of nitrogens with zero attached hydrogens (tertiary/aromatic N) is 1. The Kier molecular flexibility index (Phi) is 3.44. The summed E-state index contributed by atoms with van der Waals surface area (Å²) in [6, 6.07) is 1.38. The summed E-state index contributed by atoms with van der Waals surface area (Å²) in [6.07, 6.45) is 2.10. The van der Waals surface area contributed by atoms with Gasteiger partial charge in [-0.25, -0.2) is 4.39 Å². The zero-order chi connectivity index (χ0) is 16.1. The van der Waals surface area contributed by atoms with Gasteiger partial charge in [0.05, 0.1) is 18.8 Å². The normalized spacial score (nSPS) is 26.4. The Bertz CT molecular complexity index is 658. The first-order valence-electron chi connectivity index (χ1n) is 8.12. The van der Waals surface area contributed by atoms with E-state index >= 15 is 0 Å². The van der Waals surface area contributed by atoms with Crippen molar-refractivity contribution in [2.45, 2.75) is 38.3 Å². The Morgan fingerprint density at radius 3 is 3.00 bits per heavy atom. The highest BCUT2D eigenvalue weighted by molar-refractivity contribution is 6.00. The minimum atomic E-state index is -0.555. The van der Waals surface area contributed by atoms with Gasteiger partial charge in [0.1, 0.15) is 17.9 Å². The maximum absolute atomic E-state index is 14.6. The molecule has 1 amide bonds. The highest BCUT2D eigenvalue weighted by Crippen LogP contribution is 2.40. The molecule has 0 spiro atoms. The molecule has 0 bridgehead atoms. The van der Waals surface area contributed by atoms with Gasteiger partial charge in [-0.15, -0.1) is 0 Å². The highest BCUT2D eigenvalue weighted by atomic mass is 19.1. The number of carbonyl (C=O) groups excluding carboxylic acids is 1. The fourth-order valence-electron chi connectivity index (χ4n) is 3.30. The number of amides is 1. The number of aliphatic hydroxyl groups is 1. The Morgan fingerprint density at radius 2 is 2.26 bits per heavy atom. The highest BCUT2D eigenvalue weighted by Gasteiger charge is 2.41. The lowest BCUT2D eigenvalue weighted by atomic mass is 10.1. The molecule has 124 valence electrons. The molecular formula is C17H20FNO4. The minimum Gasteiger partial charge on any atom is -0.490 e. The Labute approximate surface area is 134 Å². The van der Waals surface area contributed by atoms with Gasteiger partial charge in [0.15, 0.2) is 11.6 Å². The van der Waals surface area contributed by atoms with Gasteiger partial charge in [-0.05, 0) is 43.7 Å². The molecule has 4 rings (SSSR count). The third kappa shape index (κ3) is 2.55. The van der Waals surface area contributed by atoms with Gasteiger partial charge in [-0.2, -0.15) is 0 Å². The van der Waals surface area contributed by atoms with Gasteiger partial charge >= 0.3 is 0 Å². The van der Waals surface area contributed by atoms with Crippen LogP contribution in [0.25, 0.3) is 0 Å². The van der Waals surface area contributed by atoms with E-state index in [9.17, 15) is 14.3 Å². The van der Waals surface area contributed by atoms with Crippen LogP contribution in [0.4, 0.5) is 4.39 Å². The van der Waals surface area contributed by atoms with Gasteiger partial charge in [0, 0.05) is 6.54 Å². The molecular weight excluding hydrogens is 301 g/mol. The number of fused-ring (bicyclic) bond motifs is 2. The van der Waals surface area contributed by atoms with Gasteiger partial charge in [-0.3, -0.25) is 4.79 Å². The Morgan fingerprint density at radius 1 is 1.48 bits per heavy atom. The van der Waals surface area contributed by atoms with Crippen molar-refractivity contribution >= 4 is 5.91 Å². The van der Waals surface area contributed by atoms with Crippen molar-refractivity contribution in [3.05, 3.63) is 23.0 Å². The lowest BCUT2D eigenvalue weighted by Gasteiger charge is -2.21. The number of carbonyl (C=O) groups is 1. The van der Waals surface area contributed by atoms with E-state index in [0.717, 1.165) is 12.8 Å². The van der Waals surface area contributed by atoms with E-state index in [4.69, 9.17) is 9.47 Å². The zero-order valence-electron chi connectivity index (χ0n) is 13.0. The number of halogens is 1. The standard InChI is InChI=1S/C17H20FNO4/c1-9-4-13-14(16(15(9)18)23-7-10-2-3-10)17(21)19-6-12(20)5-11(19)8-22-13/h4,10-12,20H,2-3,5-8H2,1H3/t11-,12+/m1/s1. The molecule has 6 heteroatoms. The molecule has 1 N–H and O–H groups in total. The van der Waals surface area contributed by atoms with Crippen LogP contribution in [0.3, 0.4) is 0 Å². The van der Waals surface area contributed by atoms with E-state index < -0.39 is 11.9 Å². The minimum absolute atomic E-state index is 0.000982. The summed E-state index contributed by atoms with van der Waals surface area (Å²) < 4.78 is 26.0. The molecule has 23 heavy (non-hydrogen) atoms. The predicted octanol–water partition coefficient (Wildman–Crippen LogP) is 1.89. The molecule has 1 aromatic rings. The summed E-state index contributed by atoms with van der Waals surface area (Å²) in [5.74, 6) is 0.0135. The summed E-state index contributed by atoms with van der Waals surface area (Å²) in [6.45, 7) is 2.63. The van der Waals surface area contributed by atoms with Crippen LogP contribution in [-0.4, -0.2) is 47.8 Å². The quantitative estimate of drug-likeness (QED) is 0.924. The maximum atomic E-state index is 14.6. The van der Waals surface area contributed by atoms with Gasteiger partial charge in [0.2, 0.25) is 0 Å². The van der Waals surface area contributed by atoms with Crippen molar-refractivity contribution in [1.82, 2.24) is 4.90 Å². The van der Waals surface area contributed by atoms with Crippen LogP contribution in [-0.2, 0) is 0 Å². The zero-order valence-corrected chi connectivity index (χ0v) is 13.0. The number of ether oxygens (including phenoxy) is 2. The first kappa shape index (κ1) is 14.8. The van der Waals surface area contributed by atoms with Crippen molar-refractivity contribution in [3.8, 4) is 11.5 Å². The summed E-state index contributed by atoms with van der Waals surface area (Å²) in [5, 5.41) is 9.82. The lowest BCUT2D eigenvalue weighted by molar-refractivity contribution is 0.0705. The SMILES string of the molecule is Cc1cc2c(c(OCC3CC3)c1F)C(=O)N1C[C@@H](O)C[C@@H]1CO2. The van der Waals surface area contributed by atoms with Gasteiger partial charge < -0.3 is 19.5 Å². The van der Waals surface area contributed by atoms with Crippen LogP contribution >= 0.6 is 0 Å². The largest absolute Gasteiger partial charge is 0.490 e. The number of aryl methyl sites for hydroxylation is 1. The van der Waals surface area contributed by atoms with Crippen LogP contribution in [0.15, 0.2) is 6.07 Å². The molecule has 5 nitrogen and oxygen atoms in total. The number of benzene rings is 1. The van der Waals surface area contributed by atoms with Crippen LogP contribution in [0, 0.1) is 18.7 Å². The molecule has 1 aliphatic carbocycles. The van der Waals surface area contributed by atoms with Crippen molar-refractivity contribution in [2.75, 3.05) is 19.8 Å². The number of rotatable bonds is 3. The van der Waals surface area contributed by atoms with E-state index in [1.54, 1.807) is 17.9 Å². The van der Waals surface area contributed by atoms with Gasteiger partial charge in [0.25, 0.3) is 5.91 Å². The monoisotopic (exact) mass is 321 g/mol. The van der Waals surface area contributed by atoms with E-state index in [0.29, 0.717) is 36.9 Å². The predicted molar refractivity (Wildman–Crippen MR) is 80.3 cm³/mol. The lowest BCUT2D eigenvalue weighted by Crippen LogP contribution is -2.37. The summed E-state index contributed by atoms with van der Waals surface area (Å²) in [4.78, 5) is 14.5. The Hall–Kier alpha value is -1.82. The molecule has 2 aliphatic heterocycles. The molecule has 0 aromatic heterocycles. The molecule has 1 aromatic carbocycles. The van der Waals surface area contributed by atoms with E-state index in [1.807, 2.05) is 0 Å². The summed E-state index contributed by atoms with van der Waals surface area (Å²) in [5.41, 5.74) is 0.565. The number of hydrogen-bond donors (Lipinski definition) is 1. The molecule has 0 unspecified atom stereocenters. The van der Waals surface area contributed by atoms with E-state index in [-0.39, 0.29) is 29.8 Å². The third-order valence-corrected chi connectivity index (χ3v) is 4.83. The van der Waals surface area contributed by atoms with Gasteiger partial charge in [-0.1, -0.05) is 0 Å². The van der Waals surface area contributed by atoms with Crippen molar-refractivity contribution in [1.29, 1.82) is 0 Å². The third-order valence-electron chi connectivity index (χ3n) is 4.83. The molecule has 1 saturated carbocycles. The molecule has 0 radical (unpaired) electrons. The fraction of sp³-hybridized carbons (Fsp3) is 0.588. The van der Waals surface area contributed by atoms with E-state index in [2.05, 4.69) is 0 Å². The fourth-order valence-corrected chi connectivity index (χ4v) is 3.30.